The van der Waals surface area contributed by atoms with E-state index in [2.05, 4.69) is 5.32 Å². The number of carbonyl (C=O) groups is 2. The van der Waals surface area contributed by atoms with Crippen molar-refractivity contribution in [2.24, 2.45) is 0 Å². The number of carbonyl (C=O) groups excluding carboxylic acids is 2. The summed E-state index contributed by atoms with van der Waals surface area (Å²) in [4.78, 5) is 25.1. The first-order valence-electron chi connectivity index (χ1n) is 10.8. The molecule has 34 heavy (non-hydrogen) atoms. The molecule has 3 aromatic carbocycles. The number of methoxy groups -OCH3 is 1. The van der Waals surface area contributed by atoms with Crippen molar-refractivity contribution in [2.75, 3.05) is 23.3 Å². The fourth-order valence-electron chi connectivity index (χ4n) is 3.38. The normalized spacial score (nSPS) is 11.2. The Labute approximate surface area is 200 Å². The van der Waals surface area contributed by atoms with Gasteiger partial charge in [-0.2, -0.15) is 0 Å². The summed E-state index contributed by atoms with van der Waals surface area (Å²) in [7, 11) is -2.79. The van der Waals surface area contributed by atoms with Crippen LogP contribution in [0.2, 0.25) is 0 Å². The predicted octanol–water partition coefficient (Wildman–Crippen LogP) is 4.74. The molecular weight excluding hydrogens is 452 g/mol. The monoisotopic (exact) mass is 480 g/mol. The molecular formula is C26H28N2O5S. The molecule has 0 heterocycles. The van der Waals surface area contributed by atoms with Crippen LogP contribution in [0.1, 0.15) is 41.3 Å². The topological polar surface area (TPSA) is 92.8 Å². The lowest BCUT2D eigenvalue weighted by Crippen LogP contribution is -2.38. The minimum Gasteiger partial charge on any atom is -0.465 e. The second-order valence-electron chi connectivity index (χ2n) is 8.16. The fourth-order valence-corrected chi connectivity index (χ4v) is 4.80. The van der Waals surface area contributed by atoms with Crippen molar-refractivity contribution in [3.8, 4) is 0 Å². The number of hydrogen-bond acceptors (Lipinski definition) is 5. The van der Waals surface area contributed by atoms with E-state index in [1.165, 1.54) is 25.3 Å². The Bertz CT molecular complexity index is 1270. The zero-order valence-electron chi connectivity index (χ0n) is 19.6. The van der Waals surface area contributed by atoms with Gasteiger partial charge in [0.25, 0.3) is 10.0 Å². The molecule has 0 atom stereocenters. The SMILES string of the molecule is COC(=O)c1ccccc1NC(=O)CN(c1ccc(C(C)C)cc1)S(=O)(=O)c1ccc(C)cc1. The van der Waals surface area contributed by atoms with Crippen molar-refractivity contribution in [1.82, 2.24) is 0 Å². The van der Waals surface area contributed by atoms with Gasteiger partial charge in [-0.25, -0.2) is 13.2 Å². The Morgan fingerprint density at radius 2 is 1.56 bits per heavy atom. The van der Waals surface area contributed by atoms with E-state index in [9.17, 15) is 18.0 Å². The number of anilines is 2. The number of rotatable bonds is 8. The van der Waals surface area contributed by atoms with Crippen LogP contribution in [-0.4, -0.2) is 33.9 Å². The number of hydrogen-bond donors (Lipinski definition) is 1. The fraction of sp³-hybridized carbons (Fsp3) is 0.231. The van der Waals surface area contributed by atoms with E-state index in [1.807, 2.05) is 32.9 Å². The molecule has 0 aliphatic rings. The number of amides is 1. The first kappa shape index (κ1) is 25.0. The first-order chi connectivity index (χ1) is 16.1. The summed E-state index contributed by atoms with van der Waals surface area (Å²) in [6, 6.07) is 19.9. The highest BCUT2D eigenvalue weighted by atomic mass is 32.2. The van der Waals surface area contributed by atoms with Gasteiger partial charge in [-0.05, 0) is 54.8 Å². The van der Waals surface area contributed by atoms with Gasteiger partial charge in [0.05, 0.1) is 28.9 Å². The van der Waals surface area contributed by atoms with E-state index >= 15 is 0 Å². The van der Waals surface area contributed by atoms with Gasteiger partial charge in [-0.3, -0.25) is 9.10 Å². The van der Waals surface area contributed by atoms with Crippen molar-refractivity contribution in [3.63, 3.8) is 0 Å². The molecule has 0 radical (unpaired) electrons. The maximum Gasteiger partial charge on any atom is 0.339 e. The molecule has 0 saturated heterocycles. The molecule has 7 nitrogen and oxygen atoms in total. The number of aryl methyl sites for hydroxylation is 1. The standard InChI is InChI=1S/C26H28N2O5S/c1-18(2)20-11-13-21(14-12-20)28(34(31,32)22-15-9-19(3)10-16-22)17-25(29)27-24-8-6-5-7-23(24)26(30)33-4/h5-16,18H,17H2,1-4H3,(H,27,29). The number of esters is 1. The molecule has 0 unspecified atom stereocenters. The van der Waals surface area contributed by atoms with Crippen molar-refractivity contribution >= 4 is 33.3 Å². The molecule has 1 amide bonds. The molecule has 0 aliphatic carbocycles. The lowest BCUT2D eigenvalue weighted by molar-refractivity contribution is -0.114. The summed E-state index contributed by atoms with van der Waals surface area (Å²) in [6.45, 7) is 5.47. The second kappa shape index (κ2) is 10.5. The maximum absolute atomic E-state index is 13.5. The zero-order valence-corrected chi connectivity index (χ0v) is 20.4. The van der Waals surface area contributed by atoms with Crippen LogP contribution in [0.3, 0.4) is 0 Å². The minimum atomic E-state index is -4.04. The Kier molecular flexibility index (Phi) is 7.73. The highest BCUT2D eigenvalue weighted by Crippen LogP contribution is 2.26. The Balaban J connectivity index is 1.97. The molecule has 8 heteroatoms. The quantitative estimate of drug-likeness (QED) is 0.470. The van der Waals surface area contributed by atoms with Crippen molar-refractivity contribution < 1.29 is 22.7 Å². The van der Waals surface area contributed by atoms with Gasteiger partial charge in [-0.15, -0.1) is 0 Å². The van der Waals surface area contributed by atoms with Gasteiger partial charge >= 0.3 is 5.97 Å². The number of sulfonamides is 1. The van der Waals surface area contributed by atoms with E-state index in [0.717, 1.165) is 15.4 Å². The number of ether oxygens (including phenoxy) is 1. The van der Waals surface area contributed by atoms with Gasteiger partial charge < -0.3 is 10.1 Å². The van der Waals surface area contributed by atoms with Crippen molar-refractivity contribution in [2.45, 2.75) is 31.6 Å². The average Bonchev–Trinajstić information content (AvgIpc) is 2.82. The largest absolute Gasteiger partial charge is 0.465 e. The molecule has 3 rings (SSSR count). The van der Waals surface area contributed by atoms with Crippen LogP contribution in [0.4, 0.5) is 11.4 Å². The summed E-state index contributed by atoms with van der Waals surface area (Å²) in [5.74, 6) is -0.932. The van der Waals surface area contributed by atoms with Crippen LogP contribution < -0.4 is 9.62 Å². The summed E-state index contributed by atoms with van der Waals surface area (Å²) in [6.07, 6.45) is 0. The van der Waals surface area contributed by atoms with Gasteiger partial charge in [-0.1, -0.05) is 55.8 Å². The average molecular weight is 481 g/mol. The minimum absolute atomic E-state index is 0.0776. The zero-order chi connectivity index (χ0) is 24.9. The van der Waals surface area contributed by atoms with Crippen LogP contribution in [-0.2, 0) is 19.6 Å². The second-order valence-corrected chi connectivity index (χ2v) is 10.0. The molecule has 0 aromatic heterocycles. The summed E-state index contributed by atoms with van der Waals surface area (Å²) < 4.78 is 32.9. The third-order valence-corrected chi connectivity index (χ3v) is 7.14. The van der Waals surface area contributed by atoms with Crippen LogP contribution in [0.5, 0.6) is 0 Å². The molecule has 178 valence electrons. The smallest absolute Gasteiger partial charge is 0.339 e. The molecule has 1 N–H and O–H groups in total. The maximum atomic E-state index is 13.5. The molecule has 0 bridgehead atoms. The lowest BCUT2D eigenvalue weighted by Gasteiger charge is -2.25. The van der Waals surface area contributed by atoms with E-state index in [4.69, 9.17) is 4.74 Å². The molecule has 0 aliphatic heterocycles. The molecule has 0 fully saturated rings. The van der Waals surface area contributed by atoms with Crippen molar-refractivity contribution in [3.05, 3.63) is 89.5 Å². The van der Waals surface area contributed by atoms with Crippen LogP contribution in [0.25, 0.3) is 0 Å². The highest BCUT2D eigenvalue weighted by molar-refractivity contribution is 7.92. The summed E-state index contributed by atoms with van der Waals surface area (Å²) in [5.41, 5.74) is 2.74. The first-order valence-corrected chi connectivity index (χ1v) is 12.2. The van der Waals surface area contributed by atoms with Crippen LogP contribution >= 0.6 is 0 Å². The predicted molar refractivity (Wildman–Crippen MR) is 133 cm³/mol. The van der Waals surface area contributed by atoms with Gasteiger partial charge in [0, 0.05) is 0 Å². The van der Waals surface area contributed by atoms with Crippen LogP contribution in [0.15, 0.2) is 77.7 Å². The Hall–Kier alpha value is -3.65. The summed E-state index contributed by atoms with van der Waals surface area (Å²) in [5, 5.41) is 2.64. The number of para-hydroxylation sites is 1. The Morgan fingerprint density at radius 3 is 2.15 bits per heavy atom. The molecule has 0 saturated carbocycles. The van der Waals surface area contributed by atoms with Crippen LogP contribution in [0, 0.1) is 6.92 Å². The van der Waals surface area contributed by atoms with E-state index in [0.29, 0.717) is 5.69 Å². The molecule has 0 spiro atoms. The Morgan fingerprint density at radius 1 is 0.941 bits per heavy atom. The number of nitrogens with zero attached hydrogens (tertiary/aromatic N) is 1. The third kappa shape index (κ3) is 5.63. The number of nitrogens with one attached hydrogen (secondary N) is 1. The van der Waals surface area contributed by atoms with Gasteiger partial charge in [0.2, 0.25) is 5.91 Å². The lowest BCUT2D eigenvalue weighted by atomic mass is 10.0. The van der Waals surface area contributed by atoms with E-state index < -0.39 is 28.4 Å². The summed E-state index contributed by atoms with van der Waals surface area (Å²) >= 11 is 0. The molecule has 3 aromatic rings. The van der Waals surface area contributed by atoms with Gasteiger partial charge in [0.1, 0.15) is 6.54 Å². The van der Waals surface area contributed by atoms with E-state index in [1.54, 1.807) is 42.5 Å². The van der Waals surface area contributed by atoms with Crippen molar-refractivity contribution in [1.29, 1.82) is 0 Å². The van der Waals surface area contributed by atoms with Gasteiger partial charge in [0.15, 0.2) is 0 Å². The van der Waals surface area contributed by atoms with E-state index in [-0.39, 0.29) is 22.1 Å². The third-order valence-electron chi connectivity index (χ3n) is 5.35. The number of benzene rings is 3. The highest BCUT2D eigenvalue weighted by Gasteiger charge is 2.28.